The number of piperidine rings is 1. The smallest absolute Gasteiger partial charge is 0.243 e. The van der Waals surface area contributed by atoms with Gasteiger partial charge in [0.15, 0.2) is 0 Å². The van der Waals surface area contributed by atoms with Crippen LogP contribution in [0.15, 0.2) is 18.2 Å². The highest BCUT2D eigenvalue weighted by Gasteiger charge is 2.27. The van der Waals surface area contributed by atoms with Gasteiger partial charge in [-0.1, -0.05) is 0 Å². The molecule has 1 aliphatic rings. The van der Waals surface area contributed by atoms with Crippen molar-refractivity contribution in [2.45, 2.75) is 25.3 Å². The number of aromatic nitrogens is 2. The van der Waals surface area contributed by atoms with E-state index < -0.39 is 0 Å². The summed E-state index contributed by atoms with van der Waals surface area (Å²) in [5.41, 5.74) is 1.80. The SMILES string of the molecule is COc1ccc2nc(CCCl)n(C3CCCNC3=O)c2c1. The standard InChI is InChI=1S/C15H18ClN3O2/c1-21-10-4-5-11-13(9-10)19(14(18-11)6-7-16)12-3-2-8-17-15(12)20/h4-5,9,12H,2-3,6-8H2,1H3,(H,17,20). The minimum Gasteiger partial charge on any atom is -0.497 e. The first-order valence-corrected chi connectivity index (χ1v) is 7.66. The van der Waals surface area contributed by atoms with Crippen molar-refractivity contribution in [3.63, 3.8) is 0 Å². The van der Waals surface area contributed by atoms with Gasteiger partial charge in [0, 0.05) is 24.9 Å². The number of hydrogen-bond donors (Lipinski definition) is 1. The zero-order chi connectivity index (χ0) is 14.8. The zero-order valence-electron chi connectivity index (χ0n) is 11.9. The van der Waals surface area contributed by atoms with Gasteiger partial charge in [0.05, 0.1) is 18.1 Å². The van der Waals surface area contributed by atoms with Crippen LogP contribution in [0.4, 0.5) is 0 Å². The number of halogens is 1. The van der Waals surface area contributed by atoms with E-state index in [0.717, 1.165) is 42.0 Å². The summed E-state index contributed by atoms with van der Waals surface area (Å²) >= 11 is 5.89. The number of benzene rings is 1. The third-order valence-corrected chi connectivity index (χ3v) is 4.04. The summed E-state index contributed by atoms with van der Waals surface area (Å²) in [6.07, 6.45) is 2.44. The lowest BCUT2D eigenvalue weighted by atomic mass is 10.1. The molecule has 1 aromatic heterocycles. The second-order valence-corrected chi connectivity index (χ2v) is 5.52. The molecule has 112 valence electrons. The van der Waals surface area contributed by atoms with E-state index in [1.807, 2.05) is 22.8 Å². The first-order chi connectivity index (χ1) is 10.2. The Morgan fingerprint density at radius 1 is 1.52 bits per heavy atom. The van der Waals surface area contributed by atoms with Gasteiger partial charge in [-0.25, -0.2) is 4.98 Å². The van der Waals surface area contributed by atoms with Crippen molar-refractivity contribution >= 4 is 28.5 Å². The van der Waals surface area contributed by atoms with E-state index in [2.05, 4.69) is 10.3 Å². The fraction of sp³-hybridized carbons (Fsp3) is 0.467. The Hall–Kier alpha value is -1.75. The average molecular weight is 308 g/mol. The third-order valence-electron chi connectivity index (χ3n) is 3.86. The predicted octanol–water partition coefficient (Wildman–Crippen LogP) is 2.28. The van der Waals surface area contributed by atoms with Crippen molar-refractivity contribution in [1.29, 1.82) is 0 Å². The van der Waals surface area contributed by atoms with Gasteiger partial charge in [-0.3, -0.25) is 4.79 Å². The second kappa shape index (κ2) is 5.93. The molecule has 0 radical (unpaired) electrons. The van der Waals surface area contributed by atoms with Crippen LogP contribution in [-0.2, 0) is 11.2 Å². The monoisotopic (exact) mass is 307 g/mol. The summed E-state index contributed by atoms with van der Waals surface area (Å²) in [5.74, 6) is 2.15. The molecule has 1 saturated heterocycles. The van der Waals surface area contributed by atoms with Crippen LogP contribution < -0.4 is 10.1 Å². The topological polar surface area (TPSA) is 56.1 Å². The van der Waals surface area contributed by atoms with E-state index in [0.29, 0.717) is 12.3 Å². The van der Waals surface area contributed by atoms with Crippen molar-refractivity contribution < 1.29 is 9.53 Å². The number of aryl methyl sites for hydroxylation is 1. The summed E-state index contributed by atoms with van der Waals surface area (Å²) in [4.78, 5) is 16.9. The molecule has 5 nitrogen and oxygen atoms in total. The molecule has 1 fully saturated rings. The number of imidazole rings is 1. The van der Waals surface area contributed by atoms with Gasteiger partial charge in [0.1, 0.15) is 17.6 Å². The Labute approximate surface area is 128 Å². The molecular formula is C15H18ClN3O2. The van der Waals surface area contributed by atoms with Crippen molar-refractivity contribution in [3.05, 3.63) is 24.0 Å². The highest BCUT2D eigenvalue weighted by molar-refractivity contribution is 6.17. The molecule has 1 aromatic carbocycles. The lowest BCUT2D eigenvalue weighted by Crippen LogP contribution is -2.38. The number of nitrogens with zero attached hydrogens (tertiary/aromatic N) is 2. The second-order valence-electron chi connectivity index (χ2n) is 5.14. The molecule has 0 bridgehead atoms. The lowest BCUT2D eigenvalue weighted by Gasteiger charge is -2.25. The van der Waals surface area contributed by atoms with Crippen molar-refractivity contribution in [2.24, 2.45) is 0 Å². The Morgan fingerprint density at radius 3 is 3.10 bits per heavy atom. The third kappa shape index (κ3) is 2.58. The number of rotatable bonds is 4. The van der Waals surface area contributed by atoms with Gasteiger partial charge in [-0.2, -0.15) is 0 Å². The number of nitrogens with one attached hydrogen (secondary N) is 1. The highest BCUT2D eigenvalue weighted by Crippen LogP contribution is 2.29. The van der Waals surface area contributed by atoms with Crippen LogP contribution in [0.3, 0.4) is 0 Å². The number of ether oxygens (including phenoxy) is 1. The van der Waals surface area contributed by atoms with Crippen LogP contribution in [0.1, 0.15) is 24.7 Å². The van der Waals surface area contributed by atoms with Crippen molar-refractivity contribution in [2.75, 3.05) is 19.5 Å². The lowest BCUT2D eigenvalue weighted by molar-refractivity contribution is -0.125. The first kappa shape index (κ1) is 14.2. The van der Waals surface area contributed by atoms with Gasteiger partial charge in [0.2, 0.25) is 5.91 Å². The quantitative estimate of drug-likeness (QED) is 0.882. The maximum Gasteiger partial charge on any atom is 0.243 e. The number of carbonyl (C=O) groups is 1. The largest absolute Gasteiger partial charge is 0.497 e. The molecule has 2 aromatic rings. The first-order valence-electron chi connectivity index (χ1n) is 7.13. The number of fused-ring (bicyclic) bond motifs is 1. The summed E-state index contributed by atoms with van der Waals surface area (Å²) in [6.45, 7) is 0.746. The molecule has 3 rings (SSSR count). The fourth-order valence-electron chi connectivity index (χ4n) is 2.86. The summed E-state index contributed by atoms with van der Waals surface area (Å²) in [6, 6.07) is 5.52. The van der Waals surface area contributed by atoms with Crippen LogP contribution in [0.5, 0.6) is 5.75 Å². The molecule has 1 unspecified atom stereocenters. The molecule has 1 N–H and O–H groups in total. The van der Waals surface area contributed by atoms with Crippen LogP contribution in [0, 0.1) is 0 Å². The zero-order valence-corrected chi connectivity index (χ0v) is 12.7. The Morgan fingerprint density at radius 2 is 2.38 bits per heavy atom. The molecule has 0 spiro atoms. The molecule has 2 heterocycles. The molecule has 1 amide bonds. The molecular weight excluding hydrogens is 290 g/mol. The van der Waals surface area contributed by atoms with E-state index in [4.69, 9.17) is 16.3 Å². The summed E-state index contributed by atoms with van der Waals surface area (Å²) in [5, 5.41) is 2.93. The maximum atomic E-state index is 12.2. The number of alkyl halides is 1. The molecule has 0 saturated carbocycles. The molecule has 6 heteroatoms. The predicted molar refractivity (Wildman–Crippen MR) is 82.0 cm³/mol. The normalized spacial score (nSPS) is 18.8. The maximum absolute atomic E-state index is 12.2. The van der Waals surface area contributed by atoms with Crippen LogP contribution >= 0.6 is 11.6 Å². The van der Waals surface area contributed by atoms with Crippen molar-refractivity contribution in [1.82, 2.24) is 14.9 Å². The van der Waals surface area contributed by atoms with E-state index >= 15 is 0 Å². The van der Waals surface area contributed by atoms with E-state index in [9.17, 15) is 4.79 Å². The highest BCUT2D eigenvalue weighted by atomic mass is 35.5. The number of amides is 1. The number of carbonyl (C=O) groups excluding carboxylic acids is 1. The minimum absolute atomic E-state index is 0.0548. The van der Waals surface area contributed by atoms with E-state index in [-0.39, 0.29) is 11.9 Å². The summed E-state index contributed by atoms with van der Waals surface area (Å²) < 4.78 is 7.32. The molecule has 1 atom stereocenters. The molecule has 1 aliphatic heterocycles. The van der Waals surface area contributed by atoms with Crippen LogP contribution in [-0.4, -0.2) is 35.0 Å². The van der Waals surface area contributed by atoms with Crippen LogP contribution in [0.25, 0.3) is 11.0 Å². The van der Waals surface area contributed by atoms with Crippen LogP contribution in [0.2, 0.25) is 0 Å². The van der Waals surface area contributed by atoms with Crippen molar-refractivity contribution in [3.8, 4) is 5.75 Å². The number of methoxy groups -OCH3 is 1. The molecule has 21 heavy (non-hydrogen) atoms. The summed E-state index contributed by atoms with van der Waals surface area (Å²) in [7, 11) is 1.63. The Balaban J connectivity index is 2.15. The Bertz CT molecular complexity index is 668. The Kier molecular flexibility index (Phi) is 4.01. The molecule has 0 aliphatic carbocycles. The van der Waals surface area contributed by atoms with Gasteiger partial charge < -0.3 is 14.6 Å². The number of hydrogen-bond acceptors (Lipinski definition) is 3. The van der Waals surface area contributed by atoms with E-state index in [1.165, 1.54) is 0 Å². The van der Waals surface area contributed by atoms with Gasteiger partial charge in [0.25, 0.3) is 0 Å². The van der Waals surface area contributed by atoms with Gasteiger partial charge in [-0.15, -0.1) is 11.6 Å². The average Bonchev–Trinajstić information content (AvgIpc) is 2.85. The van der Waals surface area contributed by atoms with Gasteiger partial charge in [-0.05, 0) is 25.0 Å². The van der Waals surface area contributed by atoms with E-state index in [1.54, 1.807) is 7.11 Å². The fourth-order valence-corrected chi connectivity index (χ4v) is 3.03. The van der Waals surface area contributed by atoms with Gasteiger partial charge >= 0.3 is 0 Å². The minimum atomic E-state index is -0.214.